The van der Waals surface area contributed by atoms with E-state index in [9.17, 15) is 4.79 Å². The average molecular weight is 257 g/mol. The van der Waals surface area contributed by atoms with E-state index in [1.807, 2.05) is 0 Å². The zero-order valence-corrected chi connectivity index (χ0v) is 12.1. The van der Waals surface area contributed by atoms with Gasteiger partial charge in [0.2, 0.25) is 0 Å². The van der Waals surface area contributed by atoms with Gasteiger partial charge in [-0.1, -0.05) is 0 Å². The fourth-order valence-electron chi connectivity index (χ4n) is 2.59. The Bertz CT molecular complexity index is 271. The summed E-state index contributed by atoms with van der Waals surface area (Å²) >= 11 is 0. The number of carboxylic acid groups (broad SMARTS) is 1. The van der Waals surface area contributed by atoms with Gasteiger partial charge < -0.3 is 14.9 Å². The number of carbonyl (C=O) groups is 1. The van der Waals surface area contributed by atoms with E-state index >= 15 is 0 Å². The molecular formula is C13H27N3O2. The molecule has 1 N–H and O–H groups in total. The summed E-state index contributed by atoms with van der Waals surface area (Å²) in [5.74, 6) is -0.697. The number of nitrogens with zero attached hydrogens (tertiary/aromatic N) is 3. The third-order valence-electron chi connectivity index (χ3n) is 3.70. The first-order valence-electron chi connectivity index (χ1n) is 6.71. The van der Waals surface area contributed by atoms with Crippen molar-refractivity contribution >= 4 is 5.97 Å². The number of aliphatic carboxylic acids is 1. The highest BCUT2D eigenvalue weighted by Crippen LogP contribution is 2.17. The molecule has 5 nitrogen and oxygen atoms in total. The van der Waals surface area contributed by atoms with Crippen LogP contribution < -0.4 is 0 Å². The Morgan fingerprint density at radius 3 is 2.67 bits per heavy atom. The Morgan fingerprint density at radius 2 is 2.11 bits per heavy atom. The topological polar surface area (TPSA) is 47.0 Å². The normalized spacial score (nSPS) is 27.4. The van der Waals surface area contributed by atoms with Crippen molar-refractivity contribution in [1.82, 2.24) is 14.7 Å². The molecule has 0 amide bonds. The van der Waals surface area contributed by atoms with Gasteiger partial charge in [0.1, 0.15) is 0 Å². The largest absolute Gasteiger partial charge is 0.481 e. The quantitative estimate of drug-likeness (QED) is 0.773. The summed E-state index contributed by atoms with van der Waals surface area (Å²) in [6.07, 6.45) is 1.35. The highest BCUT2D eigenvalue weighted by molar-refractivity contribution is 5.67. The van der Waals surface area contributed by atoms with Crippen LogP contribution >= 0.6 is 0 Å². The lowest BCUT2D eigenvalue weighted by atomic mass is 10.1. The number of hydrogen-bond acceptors (Lipinski definition) is 4. The third kappa shape index (κ3) is 4.92. The molecule has 0 spiro atoms. The summed E-state index contributed by atoms with van der Waals surface area (Å²) < 4.78 is 0. The van der Waals surface area contributed by atoms with Crippen LogP contribution in [0.2, 0.25) is 0 Å². The molecule has 5 heteroatoms. The zero-order valence-electron chi connectivity index (χ0n) is 12.1. The predicted octanol–water partition coefficient (Wildman–Crippen LogP) is 0.417. The van der Waals surface area contributed by atoms with Gasteiger partial charge in [-0.25, -0.2) is 0 Å². The van der Waals surface area contributed by atoms with E-state index < -0.39 is 5.97 Å². The molecule has 0 aromatic carbocycles. The molecule has 1 rings (SSSR count). The Morgan fingerprint density at radius 1 is 1.44 bits per heavy atom. The second-order valence-electron chi connectivity index (χ2n) is 5.69. The van der Waals surface area contributed by atoms with Gasteiger partial charge in [0.25, 0.3) is 0 Å². The average Bonchev–Trinajstić information content (AvgIpc) is 2.36. The Labute approximate surface area is 110 Å². The van der Waals surface area contributed by atoms with Gasteiger partial charge in [-0.3, -0.25) is 9.69 Å². The molecule has 1 aliphatic heterocycles. The van der Waals surface area contributed by atoms with Crippen molar-refractivity contribution < 1.29 is 9.90 Å². The molecule has 0 aliphatic carbocycles. The van der Waals surface area contributed by atoms with E-state index in [1.54, 1.807) is 0 Å². The molecule has 0 aromatic heterocycles. The van der Waals surface area contributed by atoms with Gasteiger partial charge in [-0.15, -0.1) is 0 Å². The Hall–Kier alpha value is -0.650. The van der Waals surface area contributed by atoms with Gasteiger partial charge in [-0.2, -0.15) is 0 Å². The molecule has 0 radical (unpaired) electrons. The van der Waals surface area contributed by atoms with Crippen molar-refractivity contribution in [2.45, 2.75) is 31.8 Å². The van der Waals surface area contributed by atoms with Crippen LogP contribution in [0.4, 0.5) is 0 Å². The summed E-state index contributed by atoms with van der Waals surface area (Å²) in [7, 11) is 6.19. The first kappa shape index (κ1) is 15.4. The smallest absolute Gasteiger partial charge is 0.304 e. The second kappa shape index (κ2) is 7.07. The maximum absolute atomic E-state index is 11.0. The molecule has 106 valence electrons. The van der Waals surface area contributed by atoms with Crippen molar-refractivity contribution in [2.75, 3.05) is 47.3 Å². The standard InChI is InChI=1S/C13H27N3O2/c1-11-5-6-15(4)10-12(9-13(17)18)16(11)8-7-14(2)3/h11-12H,5-10H2,1-4H3,(H,17,18). The first-order chi connectivity index (χ1) is 8.40. The van der Waals surface area contributed by atoms with Crippen LogP contribution in [-0.4, -0.2) is 85.2 Å². The second-order valence-corrected chi connectivity index (χ2v) is 5.69. The predicted molar refractivity (Wildman–Crippen MR) is 72.9 cm³/mol. The molecule has 0 saturated carbocycles. The van der Waals surface area contributed by atoms with Gasteiger partial charge in [0, 0.05) is 31.7 Å². The summed E-state index contributed by atoms with van der Waals surface area (Å²) in [6.45, 7) is 6.04. The SMILES string of the molecule is CC1CCN(C)CC(CC(=O)O)N1CCN(C)C. The molecule has 1 fully saturated rings. The molecule has 18 heavy (non-hydrogen) atoms. The van der Waals surface area contributed by atoms with Crippen molar-refractivity contribution in [3.63, 3.8) is 0 Å². The minimum atomic E-state index is -0.697. The molecule has 0 bridgehead atoms. The molecule has 1 saturated heterocycles. The van der Waals surface area contributed by atoms with E-state index in [-0.39, 0.29) is 12.5 Å². The number of rotatable bonds is 5. The Kier molecular flexibility index (Phi) is 6.05. The van der Waals surface area contributed by atoms with Crippen LogP contribution in [0.1, 0.15) is 19.8 Å². The highest BCUT2D eigenvalue weighted by Gasteiger charge is 2.29. The van der Waals surface area contributed by atoms with Crippen LogP contribution in [0, 0.1) is 0 Å². The van der Waals surface area contributed by atoms with Crippen LogP contribution in [0.5, 0.6) is 0 Å². The van der Waals surface area contributed by atoms with E-state index in [0.29, 0.717) is 6.04 Å². The third-order valence-corrected chi connectivity index (χ3v) is 3.70. The lowest BCUT2D eigenvalue weighted by Gasteiger charge is -2.34. The fraction of sp³-hybridized carbons (Fsp3) is 0.923. The van der Waals surface area contributed by atoms with Crippen LogP contribution in [0.25, 0.3) is 0 Å². The van der Waals surface area contributed by atoms with Crippen LogP contribution in [-0.2, 0) is 4.79 Å². The minimum absolute atomic E-state index is 0.130. The van der Waals surface area contributed by atoms with Gasteiger partial charge >= 0.3 is 5.97 Å². The van der Waals surface area contributed by atoms with E-state index in [1.165, 1.54) is 0 Å². The maximum Gasteiger partial charge on any atom is 0.304 e. The summed E-state index contributed by atoms with van der Waals surface area (Å²) in [5.41, 5.74) is 0. The summed E-state index contributed by atoms with van der Waals surface area (Å²) in [4.78, 5) is 17.8. The lowest BCUT2D eigenvalue weighted by molar-refractivity contribution is -0.138. The molecular weight excluding hydrogens is 230 g/mol. The van der Waals surface area contributed by atoms with Gasteiger partial charge in [0.15, 0.2) is 0 Å². The zero-order chi connectivity index (χ0) is 13.7. The minimum Gasteiger partial charge on any atom is -0.481 e. The lowest BCUT2D eigenvalue weighted by Crippen LogP contribution is -2.47. The van der Waals surface area contributed by atoms with Crippen molar-refractivity contribution in [2.24, 2.45) is 0 Å². The monoisotopic (exact) mass is 257 g/mol. The summed E-state index contributed by atoms with van der Waals surface area (Å²) in [6, 6.07) is 0.587. The molecule has 1 heterocycles. The molecule has 2 atom stereocenters. The van der Waals surface area contributed by atoms with Crippen molar-refractivity contribution in [1.29, 1.82) is 0 Å². The maximum atomic E-state index is 11.0. The number of likely N-dealkylation sites (N-methyl/N-ethyl adjacent to an activating group) is 2. The molecule has 0 aromatic rings. The van der Waals surface area contributed by atoms with Crippen molar-refractivity contribution in [3.05, 3.63) is 0 Å². The fourth-order valence-corrected chi connectivity index (χ4v) is 2.59. The first-order valence-corrected chi connectivity index (χ1v) is 6.71. The van der Waals surface area contributed by atoms with E-state index in [2.05, 4.69) is 42.8 Å². The number of hydrogen-bond donors (Lipinski definition) is 1. The summed E-state index contributed by atoms with van der Waals surface area (Å²) in [5, 5.41) is 9.07. The molecule has 1 aliphatic rings. The van der Waals surface area contributed by atoms with Gasteiger partial charge in [0.05, 0.1) is 6.42 Å². The Balaban J connectivity index is 2.70. The van der Waals surface area contributed by atoms with E-state index in [0.717, 1.165) is 32.6 Å². The number of carboxylic acids is 1. The van der Waals surface area contributed by atoms with E-state index in [4.69, 9.17) is 5.11 Å². The highest BCUT2D eigenvalue weighted by atomic mass is 16.4. The van der Waals surface area contributed by atoms with Crippen molar-refractivity contribution in [3.8, 4) is 0 Å². The van der Waals surface area contributed by atoms with Crippen LogP contribution in [0.3, 0.4) is 0 Å². The van der Waals surface area contributed by atoms with Gasteiger partial charge in [-0.05, 0) is 41.0 Å². The van der Waals surface area contributed by atoms with Crippen LogP contribution in [0.15, 0.2) is 0 Å². The molecule has 2 unspecified atom stereocenters.